The van der Waals surface area contributed by atoms with Gasteiger partial charge in [-0.25, -0.2) is 0 Å². The summed E-state index contributed by atoms with van der Waals surface area (Å²) in [4.78, 5) is 6.98. The number of nitrogens with one attached hydrogen (secondary N) is 1. The van der Waals surface area contributed by atoms with Gasteiger partial charge in [0.15, 0.2) is 5.96 Å². The quantitative estimate of drug-likeness (QED) is 0.594. The van der Waals surface area contributed by atoms with E-state index in [4.69, 9.17) is 5.73 Å². The summed E-state index contributed by atoms with van der Waals surface area (Å²) in [6.45, 7) is 13.0. The summed E-state index contributed by atoms with van der Waals surface area (Å²) < 4.78 is 0. The molecule has 1 fully saturated rings. The zero-order valence-electron chi connectivity index (χ0n) is 12.5. The van der Waals surface area contributed by atoms with Gasteiger partial charge in [0, 0.05) is 18.6 Å². The van der Waals surface area contributed by atoms with Crippen LogP contribution in [0.4, 0.5) is 0 Å². The van der Waals surface area contributed by atoms with Crippen LogP contribution in [0.25, 0.3) is 0 Å². The summed E-state index contributed by atoms with van der Waals surface area (Å²) in [5.74, 6) is 1.14. The Morgan fingerprint density at radius 2 is 1.89 bits per heavy atom. The molecule has 0 bridgehead atoms. The van der Waals surface area contributed by atoms with Gasteiger partial charge < -0.3 is 16.0 Å². The molecule has 0 aromatic carbocycles. The highest BCUT2D eigenvalue weighted by molar-refractivity contribution is 5.78. The zero-order valence-corrected chi connectivity index (χ0v) is 12.5. The molecule has 1 unspecified atom stereocenters. The van der Waals surface area contributed by atoms with E-state index < -0.39 is 0 Å². The van der Waals surface area contributed by atoms with Crippen LogP contribution in [0.3, 0.4) is 0 Å². The second-order valence-electron chi connectivity index (χ2n) is 6.57. The summed E-state index contributed by atoms with van der Waals surface area (Å²) in [5.41, 5.74) is 5.86. The van der Waals surface area contributed by atoms with E-state index in [1.807, 2.05) is 0 Å². The van der Waals surface area contributed by atoms with Crippen LogP contribution in [0.1, 0.15) is 47.0 Å². The van der Waals surface area contributed by atoms with Crippen LogP contribution < -0.4 is 11.1 Å². The predicted octanol–water partition coefficient (Wildman–Crippen LogP) is 1.81. The van der Waals surface area contributed by atoms with E-state index in [0.717, 1.165) is 13.1 Å². The molecule has 0 amide bonds. The lowest BCUT2D eigenvalue weighted by Crippen LogP contribution is -2.45. The highest BCUT2D eigenvalue weighted by Gasteiger charge is 2.14. The highest BCUT2D eigenvalue weighted by atomic mass is 15.1. The maximum absolute atomic E-state index is 5.87. The van der Waals surface area contributed by atoms with Gasteiger partial charge in [-0.3, -0.25) is 4.99 Å². The van der Waals surface area contributed by atoms with Crippen molar-refractivity contribution >= 4 is 5.96 Å². The number of hydrogen-bond acceptors (Lipinski definition) is 2. The summed E-state index contributed by atoms with van der Waals surface area (Å²) >= 11 is 0. The van der Waals surface area contributed by atoms with Crippen LogP contribution in [-0.2, 0) is 0 Å². The maximum Gasteiger partial charge on any atom is 0.188 e. The van der Waals surface area contributed by atoms with Crippen molar-refractivity contribution in [2.45, 2.75) is 52.5 Å². The maximum atomic E-state index is 5.87. The molecule has 0 saturated carbocycles. The summed E-state index contributed by atoms with van der Waals surface area (Å²) in [7, 11) is 0. The highest BCUT2D eigenvalue weighted by Crippen LogP contribution is 2.11. The average molecular weight is 254 g/mol. The first-order chi connectivity index (χ1) is 8.37. The lowest BCUT2D eigenvalue weighted by molar-refractivity contribution is 0.203. The molecular formula is C14H30N4. The summed E-state index contributed by atoms with van der Waals surface area (Å²) in [5, 5.41) is 3.19. The van der Waals surface area contributed by atoms with Gasteiger partial charge >= 0.3 is 0 Å². The lowest BCUT2D eigenvalue weighted by Gasteiger charge is -2.28. The monoisotopic (exact) mass is 254 g/mol. The molecular weight excluding hydrogens is 224 g/mol. The average Bonchev–Trinajstić information content (AvgIpc) is 2.25. The van der Waals surface area contributed by atoms with Crippen molar-refractivity contribution < 1.29 is 0 Å². The molecule has 1 saturated heterocycles. The van der Waals surface area contributed by atoms with Gasteiger partial charge in [-0.05, 0) is 52.6 Å². The van der Waals surface area contributed by atoms with Crippen molar-refractivity contribution in [1.29, 1.82) is 0 Å². The second-order valence-corrected chi connectivity index (χ2v) is 6.57. The first kappa shape index (κ1) is 15.3. The Morgan fingerprint density at radius 1 is 1.28 bits per heavy atom. The number of nitrogens with two attached hydrogens (primary N) is 1. The molecule has 106 valence electrons. The third kappa shape index (κ3) is 6.84. The van der Waals surface area contributed by atoms with Crippen LogP contribution in [0.2, 0.25) is 0 Å². The molecule has 1 atom stereocenters. The fraction of sp³-hybridized carbons (Fsp3) is 0.929. The van der Waals surface area contributed by atoms with Crippen LogP contribution in [0.15, 0.2) is 4.99 Å². The van der Waals surface area contributed by atoms with Gasteiger partial charge in [0.2, 0.25) is 0 Å². The van der Waals surface area contributed by atoms with Gasteiger partial charge in [0.1, 0.15) is 0 Å². The minimum atomic E-state index is -0.0102. The van der Waals surface area contributed by atoms with Crippen LogP contribution >= 0.6 is 0 Å². The SMILES string of the molecule is CC(CN=C(N)NC(C)(C)C)CN1CCCCC1. The lowest BCUT2D eigenvalue weighted by atomic mass is 10.1. The number of rotatable bonds is 4. The number of piperidine rings is 1. The van der Waals surface area contributed by atoms with E-state index in [0.29, 0.717) is 11.9 Å². The van der Waals surface area contributed by atoms with Gasteiger partial charge in [0.25, 0.3) is 0 Å². The third-order valence-corrected chi connectivity index (χ3v) is 3.09. The zero-order chi connectivity index (χ0) is 13.6. The first-order valence-corrected chi connectivity index (χ1v) is 7.17. The van der Waals surface area contributed by atoms with Crippen molar-refractivity contribution in [3.63, 3.8) is 0 Å². The van der Waals surface area contributed by atoms with E-state index in [2.05, 4.69) is 42.9 Å². The Labute approximate surface area is 112 Å². The molecule has 0 aromatic heterocycles. The van der Waals surface area contributed by atoms with Crippen LogP contribution in [-0.4, -0.2) is 42.6 Å². The molecule has 0 radical (unpaired) electrons. The van der Waals surface area contributed by atoms with Crippen molar-refractivity contribution in [2.75, 3.05) is 26.2 Å². The molecule has 0 spiro atoms. The minimum Gasteiger partial charge on any atom is -0.370 e. The molecule has 1 heterocycles. The standard InChI is InChI=1S/C14H30N4/c1-12(11-18-8-6-5-7-9-18)10-16-13(15)17-14(2,3)4/h12H,5-11H2,1-4H3,(H3,15,16,17). The topological polar surface area (TPSA) is 53.6 Å². The number of hydrogen-bond donors (Lipinski definition) is 2. The molecule has 1 rings (SSSR count). The van der Waals surface area contributed by atoms with Gasteiger partial charge in [0.05, 0.1) is 0 Å². The first-order valence-electron chi connectivity index (χ1n) is 7.17. The fourth-order valence-corrected chi connectivity index (χ4v) is 2.32. The van der Waals surface area contributed by atoms with Crippen molar-refractivity contribution in [2.24, 2.45) is 16.6 Å². The molecule has 0 aromatic rings. The summed E-state index contributed by atoms with van der Waals surface area (Å²) in [6, 6.07) is 0. The molecule has 0 aliphatic carbocycles. The Morgan fingerprint density at radius 3 is 2.44 bits per heavy atom. The Balaban J connectivity index is 2.26. The predicted molar refractivity (Wildman–Crippen MR) is 78.8 cm³/mol. The van der Waals surface area contributed by atoms with E-state index in [1.165, 1.54) is 32.4 Å². The number of likely N-dealkylation sites (tertiary alicyclic amines) is 1. The van der Waals surface area contributed by atoms with E-state index >= 15 is 0 Å². The van der Waals surface area contributed by atoms with Gasteiger partial charge in [-0.1, -0.05) is 13.3 Å². The van der Waals surface area contributed by atoms with Gasteiger partial charge in [-0.2, -0.15) is 0 Å². The Bertz CT molecular complexity index is 261. The van der Waals surface area contributed by atoms with E-state index in [-0.39, 0.29) is 5.54 Å². The molecule has 1 aliphatic heterocycles. The van der Waals surface area contributed by atoms with Crippen molar-refractivity contribution in [3.8, 4) is 0 Å². The molecule has 3 N–H and O–H groups in total. The normalized spacial score (nSPS) is 20.8. The van der Waals surface area contributed by atoms with Crippen LogP contribution in [0.5, 0.6) is 0 Å². The largest absolute Gasteiger partial charge is 0.370 e. The Kier molecular flexibility index (Phi) is 5.93. The molecule has 4 heteroatoms. The smallest absolute Gasteiger partial charge is 0.188 e. The Hall–Kier alpha value is -0.770. The second kappa shape index (κ2) is 6.98. The third-order valence-electron chi connectivity index (χ3n) is 3.09. The number of nitrogens with zero attached hydrogens (tertiary/aromatic N) is 2. The molecule has 18 heavy (non-hydrogen) atoms. The van der Waals surface area contributed by atoms with E-state index in [1.54, 1.807) is 0 Å². The minimum absolute atomic E-state index is 0.0102. The van der Waals surface area contributed by atoms with Crippen molar-refractivity contribution in [3.05, 3.63) is 0 Å². The fourth-order valence-electron chi connectivity index (χ4n) is 2.32. The van der Waals surface area contributed by atoms with Gasteiger partial charge in [-0.15, -0.1) is 0 Å². The van der Waals surface area contributed by atoms with Crippen molar-refractivity contribution in [1.82, 2.24) is 10.2 Å². The molecule has 1 aliphatic rings. The number of guanidine groups is 1. The van der Waals surface area contributed by atoms with Crippen LogP contribution in [0, 0.1) is 5.92 Å². The van der Waals surface area contributed by atoms with E-state index in [9.17, 15) is 0 Å². The molecule has 4 nitrogen and oxygen atoms in total. The summed E-state index contributed by atoms with van der Waals surface area (Å²) in [6.07, 6.45) is 4.10. The number of aliphatic imine (C=N–C) groups is 1.